The van der Waals surface area contributed by atoms with Crippen LogP contribution in [0.15, 0.2) is 46.6 Å². The molecule has 0 aliphatic heterocycles. The Labute approximate surface area is 215 Å². The molecule has 0 aliphatic rings. The summed E-state index contributed by atoms with van der Waals surface area (Å²) in [5.74, 6) is 0. The second-order valence-corrected chi connectivity index (χ2v) is 11.1. The quantitative estimate of drug-likeness (QED) is 0.120. The van der Waals surface area contributed by atoms with Crippen LogP contribution in [0, 0.1) is 0 Å². The van der Waals surface area contributed by atoms with Gasteiger partial charge >= 0.3 is 0 Å². The second kappa shape index (κ2) is 17.3. The van der Waals surface area contributed by atoms with E-state index in [2.05, 4.69) is 45.1 Å². The molecule has 0 saturated heterocycles. The van der Waals surface area contributed by atoms with Crippen molar-refractivity contribution in [1.82, 2.24) is 0 Å². The van der Waals surface area contributed by atoms with E-state index in [0.717, 1.165) is 44.9 Å². The third-order valence-electron chi connectivity index (χ3n) is 6.69. The number of aliphatic hydroxyl groups excluding tert-OH is 3. The van der Waals surface area contributed by atoms with Crippen molar-refractivity contribution in [3.05, 3.63) is 46.6 Å². The molecule has 204 valence electrons. The molecule has 0 aromatic carbocycles. The lowest BCUT2D eigenvalue weighted by Crippen LogP contribution is -2.42. The SMILES string of the molecule is C/C(=C\CC/C=C(\C)CC/C=C(\C)CC[C@@H](O)[C@](C)(O)CO)CC/C=C(\C)CCC(O)C(C)(C)O. The highest BCUT2D eigenvalue weighted by atomic mass is 16.4. The summed E-state index contributed by atoms with van der Waals surface area (Å²) in [6.45, 7) is 12.8. The summed E-state index contributed by atoms with van der Waals surface area (Å²) >= 11 is 0. The van der Waals surface area contributed by atoms with Gasteiger partial charge in [-0.05, 0) is 113 Å². The van der Waals surface area contributed by atoms with Crippen LogP contribution in [0.5, 0.6) is 0 Å². The summed E-state index contributed by atoms with van der Waals surface area (Å²) in [6.07, 6.45) is 16.1. The Morgan fingerprint density at radius 1 is 0.600 bits per heavy atom. The van der Waals surface area contributed by atoms with E-state index < -0.39 is 30.0 Å². The average molecular weight is 495 g/mol. The molecule has 0 heterocycles. The normalized spacial score (nSPS) is 17.9. The van der Waals surface area contributed by atoms with Crippen LogP contribution in [0.1, 0.15) is 113 Å². The minimum Gasteiger partial charge on any atom is -0.393 e. The number of rotatable bonds is 18. The van der Waals surface area contributed by atoms with Crippen molar-refractivity contribution >= 4 is 0 Å². The van der Waals surface area contributed by atoms with Crippen molar-refractivity contribution in [2.24, 2.45) is 0 Å². The maximum Gasteiger partial charge on any atom is 0.111 e. The first kappa shape index (κ1) is 33.8. The van der Waals surface area contributed by atoms with Crippen LogP contribution >= 0.6 is 0 Å². The fraction of sp³-hybridized carbons (Fsp3) is 0.733. The molecule has 0 aliphatic carbocycles. The monoisotopic (exact) mass is 494 g/mol. The summed E-state index contributed by atoms with van der Waals surface area (Å²) in [5.41, 5.74) is 2.76. The van der Waals surface area contributed by atoms with Gasteiger partial charge in [0.05, 0.1) is 24.4 Å². The van der Waals surface area contributed by atoms with E-state index >= 15 is 0 Å². The lowest BCUT2D eigenvalue weighted by atomic mass is 9.94. The first-order valence-electron chi connectivity index (χ1n) is 13.2. The Kier molecular flexibility index (Phi) is 16.6. The van der Waals surface area contributed by atoms with Gasteiger partial charge < -0.3 is 25.5 Å². The fourth-order valence-electron chi connectivity index (χ4n) is 3.66. The maximum absolute atomic E-state index is 9.97. The molecule has 5 heteroatoms. The molecular weight excluding hydrogens is 440 g/mol. The van der Waals surface area contributed by atoms with E-state index in [1.807, 2.05) is 6.92 Å². The largest absolute Gasteiger partial charge is 0.393 e. The van der Waals surface area contributed by atoms with Crippen molar-refractivity contribution in [3.8, 4) is 0 Å². The minimum absolute atomic E-state index is 0.441. The van der Waals surface area contributed by atoms with Gasteiger partial charge in [-0.3, -0.25) is 0 Å². The molecule has 35 heavy (non-hydrogen) atoms. The van der Waals surface area contributed by atoms with Crippen LogP contribution in [-0.4, -0.2) is 55.5 Å². The zero-order valence-corrected chi connectivity index (χ0v) is 23.5. The van der Waals surface area contributed by atoms with Crippen molar-refractivity contribution in [2.75, 3.05) is 6.61 Å². The first-order chi connectivity index (χ1) is 16.2. The molecule has 0 saturated carbocycles. The molecule has 0 bridgehead atoms. The Morgan fingerprint density at radius 3 is 1.31 bits per heavy atom. The van der Waals surface area contributed by atoms with Crippen molar-refractivity contribution < 1.29 is 25.5 Å². The second-order valence-electron chi connectivity index (χ2n) is 11.1. The molecule has 0 amide bonds. The van der Waals surface area contributed by atoms with Crippen LogP contribution in [0.2, 0.25) is 0 Å². The molecule has 0 aromatic heterocycles. The van der Waals surface area contributed by atoms with Gasteiger partial charge in [0.25, 0.3) is 0 Å². The van der Waals surface area contributed by atoms with Crippen LogP contribution in [0.3, 0.4) is 0 Å². The van der Waals surface area contributed by atoms with Crippen LogP contribution in [-0.2, 0) is 0 Å². The van der Waals surface area contributed by atoms with E-state index in [0.29, 0.717) is 19.3 Å². The van der Waals surface area contributed by atoms with Crippen molar-refractivity contribution in [2.45, 2.75) is 136 Å². The Balaban J connectivity index is 4.19. The highest BCUT2D eigenvalue weighted by Gasteiger charge is 2.28. The van der Waals surface area contributed by atoms with Crippen molar-refractivity contribution in [3.63, 3.8) is 0 Å². The summed E-state index contributed by atoms with van der Waals surface area (Å²) < 4.78 is 0. The van der Waals surface area contributed by atoms with E-state index in [1.54, 1.807) is 13.8 Å². The zero-order chi connectivity index (χ0) is 27.1. The van der Waals surface area contributed by atoms with E-state index in [-0.39, 0.29) is 0 Å². The predicted molar refractivity (Wildman–Crippen MR) is 147 cm³/mol. The third-order valence-corrected chi connectivity index (χ3v) is 6.69. The van der Waals surface area contributed by atoms with Crippen molar-refractivity contribution in [1.29, 1.82) is 0 Å². The summed E-state index contributed by atoms with van der Waals surface area (Å²) in [7, 11) is 0. The molecule has 1 unspecified atom stereocenters. The molecule has 0 radical (unpaired) electrons. The lowest BCUT2D eigenvalue weighted by Gasteiger charge is -2.26. The van der Waals surface area contributed by atoms with Crippen LogP contribution in [0.4, 0.5) is 0 Å². The molecule has 0 fully saturated rings. The number of hydrogen-bond acceptors (Lipinski definition) is 5. The molecule has 5 N–H and O–H groups in total. The number of unbranched alkanes of at least 4 members (excludes halogenated alkanes) is 1. The van der Waals surface area contributed by atoms with Gasteiger partial charge in [0.15, 0.2) is 0 Å². The van der Waals surface area contributed by atoms with Gasteiger partial charge in [0.2, 0.25) is 0 Å². The Morgan fingerprint density at radius 2 is 0.943 bits per heavy atom. The van der Waals surface area contributed by atoms with E-state index in [4.69, 9.17) is 5.11 Å². The van der Waals surface area contributed by atoms with Gasteiger partial charge in [-0.1, -0.05) is 46.6 Å². The third kappa shape index (κ3) is 17.0. The number of aliphatic hydroxyl groups is 5. The molecule has 3 atom stereocenters. The van der Waals surface area contributed by atoms with Crippen LogP contribution in [0.25, 0.3) is 0 Å². The summed E-state index contributed by atoms with van der Waals surface area (Å²) in [5, 5.41) is 48.7. The standard InChI is InChI=1S/C30H54O5/c1-23(14-10-16-25(3)18-20-27(32)29(5,6)34)12-8-9-13-24(2)15-11-17-26(4)19-21-28(33)30(7,35)22-31/h12-13,16-17,27-28,31-35H,8-11,14-15,18-22H2,1-7H3/b23-12+,24-13+,25-16+,26-17+/t27?,28-,30-/m1/s1. The Hall–Kier alpha value is -1.24. The highest BCUT2D eigenvalue weighted by Crippen LogP contribution is 2.19. The predicted octanol–water partition coefficient (Wildman–Crippen LogP) is 5.91. The average Bonchev–Trinajstić information content (AvgIpc) is 2.77. The van der Waals surface area contributed by atoms with Gasteiger partial charge in [-0.15, -0.1) is 0 Å². The minimum atomic E-state index is -1.44. The van der Waals surface area contributed by atoms with Gasteiger partial charge in [0, 0.05) is 0 Å². The molecule has 0 spiro atoms. The number of allylic oxidation sites excluding steroid dienone is 8. The molecule has 0 rings (SSSR count). The smallest absolute Gasteiger partial charge is 0.111 e. The van der Waals surface area contributed by atoms with E-state index in [1.165, 1.54) is 29.2 Å². The zero-order valence-electron chi connectivity index (χ0n) is 23.5. The number of hydrogen-bond donors (Lipinski definition) is 5. The Bertz CT molecular complexity index is 707. The molecular formula is C30H54O5. The first-order valence-corrected chi connectivity index (χ1v) is 13.2. The van der Waals surface area contributed by atoms with Gasteiger partial charge in [-0.2, -0.15) is 0 Å². The highest BCUT2D eigenvalue weighted by molar-refractivity contribution is 5.07. The fourth-order valence-corrected chi connectivity index (χ4v) is 3.66. The van der Waals surface area contributed by atoms with Gasteiger partial charge in [-0.25, -0.2) is 0 Å². The topological polar surface area (TPSA) is 101 Å². The van der Waals surface area contributed by atoms with Crippen LogP contribution < -0.4 is 0 Å². The molecule has 0 aromatic rings. The molecule has 5 nitrogen and oxygen atoms in total. The maximum atomic E-state index is 9.97. The summed E-state index contributed by atoms with van der Waals surface area (Å²) in [6, 6.07) is 0. The van der Waals surface area contributed by atoms with E-state index in [9.17, 15) is 20.4 Å². The lowest BCUT2D eigenvalue weighted by molar-refractivity contribution is -0.0942. The summed E-state index contributed by atoms with van der Waals surface area (Å²) in [4.78, 5) is 0. The van der Waals surface area contributed by atoms with Gasteiger partial charge in [0.1, 0.15) is 5.60 Å².